The highest BCUT2D eigenvalue weighted by Crippen LogP contribution is 2.40. The van der Waals surface area contributed by atoms with E-state index in [1.54, 1.807) is 59.4 Å². The number of carbonyl (C=O) groups excluding carboxylic acids is 1. The molecule has 1 aromatic heterocycles. The number of fused-ring (bicyclic) bond motifs is 1. The van der Waals surface area contributed by atoms with E-state index in [9.17, 15) is 13.6 Å². The van der Waals surface area contributed by atoms with Crippen molar-refractivity contribution in [2.24, 2.45) is 7.05 Å². The van der Waals surface area contributed by atoms with Gasteiger partial charge in [0, 0.05) is 36.5 Å². The maximum Gasteiger partial charge on any atom is 0.265 e. The zero-order valence-corrected chi connectivity index (χ0v) is 15.3. The van der Waals surface area contributed by atoms with Crippen molar-refractivity contribution in [1.82, 2.24) is 14.7 Å². The van der Waals surface area contributed by atoms with Crippen LogP contribution in [0.3, 0.4) is 0 Å². The van der Waals surface area contributed by atoms with E-state index in [-0.39, 0.29) is 5.56 Å². The van der Waals surface area contributed by atoms with Crippen LogP contribution < -0.4 is 4.74 Å². The largest absolute Gasteiger partial charge is 0.491 e. The van der Waals surface area contributed by atoms with Gasteiger partial charge in [-0.05, 0) is 28.8 Å². The Labute approximate surface area is 161 Å². The quantitative estimate of drug-likeness (QED) is 0.639. The Kier molecular flexibility index (Phi) is 4.81. The summed E-state index contributed by atoms with van der Waals surface area (Å²) in [5.41, 5.74) is 3.00. The van der Waals surface area contributed by atoms with Crippen molar-refractivity contribution in [2.45, 2.75) is 13.0 Å². The number of rotatable bonds is 4. The molecule has 0 radical (unpaired) electrons. The van der Waals surface area contributed by atoms with Crippen LogP contribution in [-0.2, 0) is 18.4 Å². The summed E-state index contributed by atoms with van der Waals surface area (Å²) in [6, 6.07) is 10.5. The number of alkyl halides is 2. The predicted molar refractivity (Wildman–Crippen MR) is 101 cm³/mol. The Bertz CT molecular complexity index is 1020. The fourth-order valence-corrected chi connectivity index (χ4v) is 3.54. The fraction of sp³-hybridized carbons (Fsp3) is 0.238. The van der Waals surface area contributed by atoms with Crippen LogP contribution in [0.15, 0.2) is 48.8 Å². The Balaban J connectivity index is 1.83. The second kappa shape index (κ2) is 7.42. The number of benzene rings is 2. The van der Waals surface area contributed by atoms with E-state index in [0.29, 0.717) is 47.7 Å². The summed E-state index contributed by atoms with van der Waals surface area (Å²) >= 11 is 0. The van der Waals surface area contributed by atoms with Gasteiger partial charge in [0.2, 0.25) is 6.41 Å². The number of hydrogen-bond donors (Lipinski definition) is 0. The first-order valence-corrected chi connectivity index (χ1v) is 8.92. The van der Waals surface area contributed by atoms with E-state index in [1.807, 2.05) is 6.07 Å². The maximum atomic E-state index is 14.1. The molecule has 2 heterocycles. The Morgan fingerprint density at radius 3 is 2.64 bits per heavy atom. The van der Waals surface area contributed by atoms with Crippen LogP contribution >= 0.6 is 0 Å². The second-order valence-electron chi connectivity index (χ2n) is 6.72. The summed E-state index contributed by atoms with van der Waals surface area (Å²) in [6.07, 6.45) is 1.43. The first kappa shape index (κ1) is 18.2. The van der Waals surface area contributed by atoms with Gasteiger partial charge in [-0.2, -0.15) is 5.10 Å². The topological polar surface area (TPSA) is 47.4 Å². The molecule has 0 unspecified atom stereocenters. The summed E-state index contributed by atoms with van der Waals surface area (Å²) in [4.78, 5) is 12.8. The van der Waals surface area contributed by atoms with Crippen molar-refractivity contribution >= 4 is 6.41 Å². The fourth-order valence-electron chi connectivity index (χ4n) is 3.54. The Morgan fingerprint density at radius 1 is 1.18 bits per heavy atom. The lowest BCUT2D eigenvalue weighted by Gasteiger charge is -2.16. The first-order valence-electron chi connectivity index (χ1n) is 8.92. The van der Waals surface area contributed by atoms with Gasteiger partial charge in [0.15, 0.2) is 0 Å². The molecule has 2 aromatic carbocycles. The molecule has 0 aliphatic carbocycles. The molecule has 0 fully saturated rings. The van der Waals surface area contributed by atoms with Crippen molar-refractivity contribution in [3.8, 4) is 28.0 Å². The number of carbonyl (C=O) groups is 1. The molecule has 0 spiro atoms. The van der Waals surface area contributed by atoms with Crippen molar-refractivity contribution in [2.75, 3.05) is 13.2 Å². The molecule has 1 aliphatic heterocycles. The SMILES string of the molecule is Cn1cc(-c2cccc(-c3ccc4c(c3)CN(C=O)CCO4)c2C(F)F)cn1. The number of hydrogen-bond acceptors (Lipinski definition) is 3. The minimum absolute atomic E-state index is 0.0303. The Hall–Kier alpha value is -3.22. The molecule has 28 heavy (non-hydrogen) atoms. The molecule has 4 rings (SSSR count). The summed E-state index contributed by atoms with van der Waals surface area (Å²) in [5.74, 6) is 0.676. The van der Waals surface area contributed by atoms with Crippen molar-refractivity contribution < 1.29 is 18.3 Å². The van der Waals surface area contributed by atoms with Gasteiger partial charge in [0.05, 0.1) is 12.7 Å². The van der Waals surface area contributed by atoms with E-state index < -0.39 is 6.43 Å². The molecule has 144 valence electrons. The van der Waals surface area contributed by atoms with Crippen LogP contribution in [0, 0.1) is 0 Å². The highest BCUT2D eigenvalue weighted by Gasteiger charge is 2.22. The molecule has 5 nitrogen and oxygen atoms in total. The number of ether oxygens (including phenoxy) is 1. The van der Waals surface area contributed by atoms with Gasteiger partial charge < -0.3 is 9.64 Å². The molecular formula is C21H19F2N3O2. The van der Waals surface area contributed by atoms with Gasteiger partial charge in [-0.25, -0.2) is 8.78 Å². The molecule has 3 aromatic rings. The third-order valence-corrected chi connectivity index (χ3v) is 4.87. The van der Waals surface area contributed by atoms with Crippen molar-refractivity contribution in [3.63, 3.8) is 0 Å². The third-order valence-electron chi connectivity index (χ3n) is 4.87. The highest BCUT2D eigenvalue weighted by atomic mass is 19.3. The molecule has 1 amide bonds. The standard InChI is InChI=1S/C21H19F2N3O2/c1-25-11-16(10-24-25)18-4-2-3-17(20(18)21(22)23)14-5-6-19-15(9-14)12-26(13-27)7-8-28-19/h2-6,9-11,13,21H,7-8,12H2,1H3. The number of nitrogens with zero attached hydrogens (tertiary/aromatic N) is 3. The lowest BCUT2D eigenvalue weighted by Crippen LogP contribution is -2.23. The van der Waals surface area contributed by atoms with Gasteiger partial charge in [-0.3, -0.25) is 9.48 Å². The van der Waals surface area contributed by atoms with E-state index in [1.165, 1.54) is 0 Å². The van der Waals surface area contributed by atoms with Crippen molar-refractivity contribution in [3.05, 3.63) is 59.9 Å². The first-order chi connectivity index (χ1) is 13.6. The van der Waals surface area contributed by atoms with Gasteiger partial charge in [-0.15, -0.1) is 0 Å². The number of aromatic nitrogens is 2. The van der Waals surface area contributed by atoms with Gasteiger partial charge in [0.25, 0.3) is 6.43 Å². The molecule has 0 saturated carbocycles. The van der Waals surface area contributed by atoms with Crippen LogP contribution in [0.25, 0.3) is 22.3 Å². The van der Waals surface area contributed by atoms with Crippen LogP contribution in [0.5, 0.6) is 5.75 Å². The third kappa shape index (κ3) is 3.35. The number of aryl methyl sites for hydroxylation is 1. The second-order valence-corrected chi connectivity index (χ2v) is 6.72. The lowest BCUT2D eigenvalue weighted by atomic mass is 9.92. The average Bonchev–Trinajstić information content (AvgIpc) is 3.02. The Morgan fingerprint density at radius 2 is 1.96 bits per heavy atom. The highest BCUT2D eigenvalue weighted by molar-refractivity contribution is 5.79. The summed E-state index contributed by atoms with van der Waals surface area (Å²) in [7, 11) is 1.75. The van der Waals surface area contributed by atoms with E-state index in [4.69, 9.17) is 4.74 Å². The van der Waals surface area contributed by atoms with Gasteiger partial charge >= 0.3 is 0 Å². The zero-order valence-electron chi connectivity index (χ0n) is 15.3. The van der Waals surface area contributed by atoms with Crippen LogP contribution in [0.2, 0.25) is 0 Å². The lowest BCUT2D eigenvalue weighted by molar-refractivity contribution is -0.118. The molecule has 0 atom stereocenters. The van der Waals surface area contributed by atoms with Crippen molar-refractivity contribution in [1.29, 1.82) is 0 Å². The molecular weight excluding hydrogens is 364 g/mol. The average molecular weight is 383 g/mol. The zero-order chi connectivity index (χ0) is 19.7. The molecule has 0 saturated heterocycles. The van der Waals surface area contributed by atoms with Gasteiger partial charge in [0.1, 0.15) is 12.4 Å². The number of amides is 1. The summed E-state index contributed by atoms with van der Waals surface area (Å²) < 4.78 is 35.4. The molecule has 7 heteroatoms. The summed E-state index contributed by atoms with van der Waals surface area (Å²) in [5, 5.41) is 4.10. The monoisotopic (exact) mass is 383 g/mol. The van der Waals surface area contributed by atoms with E-state index >= 15 is 0 Å². The maximum absolute atomic E-state index is 14.1. The van der Waals surface area contributed by atoms with Crippen LogP contribution in [0.1, 0.15) is 17.6 Å². The minimum Gasteiger partial charge on any atom is -0.491 e. The van der Waals surface area contributed by atoms with E-state index in [0.717, 1.165) is 12.0 Å². The van der Waals surface area contributed by atoms with Gasteiger partial charge in [-0.1, -0.05) is 24.3 Å². The van der Waals surface area contributed by atoms with Crippen LogP contribution in [0.4, 0.5) is 8.78 Å². The van der Waals surface area contributed by atoms with Crippen LogP contribution in [-0.4, -0.2) is 34.2 Å². The predicted octanol–water partition coefficient (Wildman–Crippen LogP) is 4.04. The van der Waals surface area contributed by atoms with E-state index in [2.05, 4.69) is 5.10 Å². The number of halogens is 2. The molecule has 0 bridgehead atoms. The minimum atomic E-state index is -2.65. The smallest absolute Gasteiger partial charge is 0.265 e. The summed E-state index contributed by atoms with van der Waals surface area (Å²) in [6.45, 7) is 1.29. The molecule has 1 aliphatic rings. The molecule has 0 N–H and O–H groups in total. The normalized spacial score (nSPS) is 13.8.